The van der Waals surface area contributed by atoms with Gasteiger partial charge in [0.2, 0.25) is 5.78 Å². The Morgan fingerprint density at radius 2 is 1.58 bits per heavy atom. The van der Waals surface area contributed by atoms with E-state index in [1.807, 2.05) is 12.1 Å². The normalized spacial score (nSPS) is 13.3. The largest absolute Gasteiger partial charge is 0.497 e. The fourth-order valence-corrected chi connectivity index (χ4v) is 3.52. The third-order valence-corrected chi connectivity index (χ3v) is 5.19. The summed E-state index contributed by atoms with van der Waals surface area (Å²) >= 11 is 0. The minimum Gasteiger partial charge on any atom is -0.497 e. The van der Waals surface area contributed by atoms with Crippen LogP contribution >= 0.6 is 0 Å². The Kier molecular flexibility index (Phi) is 6.04. The number of hydrogen-bond donors (Lipinski definition) is 0. The lowest BCUT2D eigenvalue weighted by Gasteiger charge is -2.10. The molecule has 3 aromatic carbocycles. The van der Waals surface area contributed by atoms with Crippen LogP contribution in [0.5, 0.6) is 28.7 Å². The summed E-state index contributed by atoms with van der Waals surface area (Å²) in [5.41, 5.74) is 2.18. The summed E-state index contributed by atoms with van der Waals surface area (Å²) in [5, 5.41) is 0. The van der Waals surface area contributed by atoms with E-state index in [1.54, 1.807) is 50.4 Å². The average Bonchev–Trinajstić information content (AvgIpc) is 3.14. The molecule has 0 saturated heterocycles. The molecule has 3 aromatic rings. The molecule has 1 heterocycles. The molecule has 0 bridgehead atoms. The van der Waals surface area contributed by atoms with Crippen LogP contribution in [0, 0.1) is 6.92 Å². The Balaban J connectivity index is 1.57. The third kappa shape index (κ3) is 4.39. The van der Waals surface area contributed by atoms with Crippen molar-refractivity contribution in [1.82, 2.24) is 0 Å². The minimum atomic E-state index is -0.575. The van der Waals surface area contributed by atoms with Crippen molar-refractivity contribution in [2.24, 2.45) is 0 Å². The van der Waals surface area contributed by atoms with Crippen LogP contribution in [0.2, 0.25) is 0 Å². The first-order chi connectivity index (χ1) is 15.9. The first kappa shape index (κ1) is 22.0. The molecule has 0 fully saturated rings. The van der Waals surface area contributed by atoms with Crippen molar-refractivity contribution in [3.63, 3.8) is 0 Å². The second-order valence-electron chi connectivity index (χ2n) is 7.29. The number of ether oxygens (including phenoxy) is 5. The van der Waals surface area contributed by atoms with Gasteiger partial charge in [0.15, 0.2) is 17.3 Å². The van der Waals surface area contributed by atoms with Crippen molar-refractivity contribution in [3.8, 4) is 28.7 Å². The van der Waals surface area contributed by atoms with E-state index in [4.69, 9.17) is 23.7 Å². The standard InChI is InChI=1S/C26H22O7/c1-15-11-19(32-26(28)17-7-10-20(30-3)21(13-17)31-4)14-22-24(15)25(27)23(33-22)12-16-5-8-18(29-2)9-6-16/h5-14H,1-4H3/b23-12-. The number of carbonyl (C=O) groups is 2. The average molecular weight is 446 g/mol. The quantitative estimate of drug-likeness (QED) is 0.304. The molecule has 0 unspecified atom stereocenters. The summed E-state index contributed by atoms with van der Waals surface area (Å²) in [6.45, 7) is 1.77. The lowest BCUT2D eigenvalue weighted by molar-refractivity contribution is 0.0734. The number of carbonyl (C=O) groups excluding carboxylic acids is 2. The second kappa shape index (κ2) is 9.08. The van der Waals surface area contributed by atoms with Crippen molar-refractivity contribution in [2.45, 2.75) is 6.92 Å². The predicted octanol–water partition coefficient (Wildman–Crippen LogP) is 4.86. The summed E-state index contributed by atoms with van der Waals surface area (Å²) in [6, 6.07) is 15.2. The highest BCUT2D eigenvalue weighted by molar-refractivity contribution is 6.15. The molecule has 0 aromatic heterocycles. The number of ketones is 1. The van der Waals surface area contributed by atoms with Crippen LogP contribution in [0.3, 0.4) is 0 Å². The van der Waals surface area contributed by atoms with Gasteiger partial charge in [-0.05, 0) is 60.5 Å². The number of benzene rings is 3. The predicted molar refractivity (Wildman–Crippen MR) is 122 cm³/mol. The first-order valence-corrected chi connectivity index (χ1v) is 10.1. The molecule has 0 N–H and O–H groups in total. The molecular weight excluding hydrogens is 424 g/mol. The highest BCUT2D eigenvalue weighted by Crippen LogP contribution is 2.38. The van der Waals surface area contributed by atoms with Crippen LogP contribution in [-0.2, 0) is 0 Å². The van der Waals surface area contributed by atoms with Crippen LogP contribution in [-0.4, -0.2) is 33.1 Å². The molecule has 33 heavy (non-hydrogen) atoms. The minimum absolute atomic E-state index is 0.196. The second-order valence-corrected chi connectivity index (χ2v) is 7.29. The van der Waals surface area contributed by atoms with Gasteiger partial charge in [0.25, 0.3) is 0 Å². The van der Waals surface area contributed by atoms with Gasteiger partial charge in [-0.25, -0.2) is 4.79 Å². The number of fused-ring (bicyclic) bond motifs is 1. The highest BCUT2D eigenvalue weighted by atomic mass is 16.5. The van der Waals surface area contributed by atoms with Gasteiger partial charge in [-0.15, -0.1) is 0 Å². The van der Waals surface area contributed by atoms with Crippen molar-refractivity contribution >= 4 is 17.8 Å². The van der Waals surface area contributed by atoms with E-state index >= 15 is 0 Å². The zero-order valence-electron chi connectivity index (χ0n) is 18.6. The number of rotatable bonds is 6. The maximum atomic E-state index is 12.9. The maximum absolute atomic E-state index is 12.9. The molecule has 0 aliphatic carbocycles. The molecule has 4 rings (SSSR count). The summed E-state index contributed by atoms with van der Waals surface area (Å²) in [5.74, 6) is 1.64. The molecule has 0 amide bonds. The summed E-state index contributed by atoms with van der Waals surface area (Å²) < 4.78 is 26.9. The van der Waals surface area contributed by atoms with E-state index < -0.39 is 5.97 Å². The molecule has 1 aliphatic heterocycles. The Labute approximate surface area is 191 Å². The molecule has 1 aliphatic rings. The van der Waals surface area contributed by atoms with Crippen LogP contribution < -0.4 is 23.7 Å². The molecular formula is C26H22O7. The zero-order chi connectivity index (χ0) is 23.5. The van der Waals surface area contributed by atoms with Gasteiger partial charge in [-0.2, -0.15) is 0 Å². The van der Waals surface area contributed by atoms with E-state index in [2.05, 4.69) is 0 Å². The SMILES string of the molecule is COc1ccc(/C=C2\Oc3cc(OC(=O)c4ccc(OC)c(OC)c4)cc(C)c3C2=O)cc1. The van der Waals surface area contributed by atoms with Crippen molar-refractivity contribution in [2.75, 3.05) is 21.3 Å². The number of methoxy groups -OCH3 is 3. The molecule has 0 saturated carbocycles. The van der Waals surface area contributed by atoms with Gasteiger partial charge in [0, 0.05) is 6.07 Å². The molecule has 168 valence electrons. The van der Waals surface area contributed by atoms with E-state index in [-0.39, 0.29) is 17.3 Å². The maximum Gasteiger partial charge on any atom is 0.343 e. The first-order valence-electron chi connectivity index (χ1n) is 10.1. The summed E-state index contributed by atoms with van der Waals surface area (Å²) in [7, 11) is 4.59. The number of aryl methyl sites for hydroxylation is 1. The Hall–Kier alpha value is -4.26. The molecule has 0 radical (unpaired) electrons. The summed E-state index contributed by atoms with van der Waals surface area (Å²) in [6.07, 6.45) is 1.66. The third-order valence-electron chi connectivity index (χ3n) is 5.19. The van der Waals surface area contributed by atoms with E-state index in [9.17, 15) is 9.59 Å². The molecule has 0 spiro atoms. The molecule has 7 heteroatoms. The van der Waals surface area contributed by atoms with Gasteiger partial charge in [-0.3, -0.25) is 4.79 Å². The number of allylic oxidation sites excluding steroid dienone is 1. The molecule has 0 atom stereocenters. The lowest BCUT2D eigenvalue weighted by atomic mass is 10.0. The topological polar surface area (TPSA) is 80.3 Å². The Morgan fingerprint density at radius 1 is 0.848 bits per heavy atom. The smallest absolute Gasteiger partial charge is 0.343 e. The fourth-order valence-electron chi connectivity index (χ4n) is 3.52. The van der Waals surface area contributed by atoms with Crippen LogP contribution in [0.4, 0.5) is 0 Å². The highest BCUT2D eigenvalue weighted by Gasteiger charge is 2.30. The van der Waals surface area contributed by atoms with Gasteiger partial charge in [0.1, 0.15) is 17.2 Å². The summed E-state index contributed by atoms with van der Waals surface area (Å²) in [4.78, 5) is 25.5. The monoisotopic (exact) mass is 446 g/mol. The van der Waals surface area contributed by atoms with E-state index in [1.165, 1.54) is 26.4 Å². The van der Waals surface area contributed by atoms with E-state index in [0.29, 0.717) is 33.9 Å². The lowest BCUT2D eigenvalue weighted by Crippen LogP contribution is -2.09. The van der Waals surface area contributed by atoms with E-state index in [0.717, 1.165) is 11.3 Å². The van der Waals surface area contributed by atoms with Crippen LogP contribution in [0.1, 0.15) is 31.8 Å². The molecule has 7 nitrogen and oxygen atoms in total. The van der Waals surface area contributed by atoms with Crippen molar-refractivity contribution < 1.29 is 33.3 Å². The van der Waals surface area contributed by atoms with Crippen LogP contribution in [0.15, 0.2) is 60.4 Å². The van der Waals surface area contributed by atoms with Gasteiger partial charge in [-0.1, -0.05) is 12.1 Å². The van der Waals surface area contributed by atoms with Gasteiger partial charge >= 0.3 is 5.97 Å². The van der Waals surface area contributed by atoms with Gasteiger partial charge in [0.05, 0.1) is 32.5 Å². The Morgan fingerprint density at radius 3 is 2.24 bits per heavy atom. The van der Waals surface area contributed by atoms with Crippen molar-refractivity contribution in [3.05, 3.63) is 82.6 Å². The van der Waals surface area contributed by atoms with Gasteiger partial charge < -0.3 is 23.7 Å². The van der Waals surface area contributed by atoms with Crippen molar-refractivity contribution in [1.29, 1.82) is 0 Å². The Bertz CT molecular complexity index is 1260. The number of esters is 1. The zero-order valence-corrected chi connectivity index (χ0v) is 18.6. The number of hydrogen-bond acceptors (Lipinski definition) is 7. The van der Waals surface area contributed by atoms with Crippen LogP contribution in [0.25, 0.3) is 6.08 Å². The fraction of sp³-hybridized carbons (Fsp3) is 0.154. The number of Topliss-reactive ketones (excluding diaryl/α,β-unsaturated/α-hetero) is 1.